The van der Waals surface area contributed by atoms with Crippen molar-refractivity contribution < 1.29 is 24.1 Å². The van der Waals surface area contributed by atoms with E-state index < -0.39 is 11.6 Å². The molecule has 0 radical (unpaired) electrons. The number of rotatable bonds is 5. The topological polar surface area (TPSA) is 88.8 Å². The third-order valence-electron chi connectivity index (χ3n) is 5.58. The summed E-state index contributed by atoms with van der Waals surface area (Å²) in [6.07, 6.45) is 5.30. The molecule has 3 rings (SSSR count). The number of carboxylic acid groups (broad SMARTS) is 1. The highest BCUT2D eigenvalue weighted by Gasteiger charge is 2.39. The van der Waals surface area contributed by atoms with Crippen LogP contribution in [0.4, 0.5) is 4.79 Å². The van der Waals surface area contributed by atoms with E-state index >= 15 is 0 Å². The first kappa shape index (κ1) is 18.4. The summed E-state index contributed by atoms with van der Waals surface area (Å²) in [5, 5.41) is 18.7. The highest BCUT2D eigenvalue weighted by atomic mass is 16.7. The van der Waals surface area contributed by atoms with Gasteiger partial charge in [-0.05, 0) is 69.1 Å². The van der Waals surface area contributed by atoms with Crippen LogP contribution >= 0.6 is 0 Å². The van der Waals surface area contributed by atoms with Crippen LogP contribution in [-0.2, 0) is 10.2 Å². The van der Waals surface area contributed by atoms with Crippen molar-refractivity contribution in [3.63, 3.8) is 0 Å². The SMILES string of the molecule is COc1ccc(C2(C#N)CCC(OC(=O)O)CC2)cc1OC1CCCC1. The standard InChI is InChI=1S/C20H25NO5/c1-24-17-7-6-14(12-18(17)25-15-4-2-3-5-15)20(13-21)10-8-16(9-11-20)26-19(22)23/h6-7,12,15-16H,2-5,8-11H2,1H3,(H,22,23). The molecule has 0 bridgehead atoms. The van der Waals surface area contributed by atoms with Gasteiger partial charge in [0.05, 0.1) is 24.7 Å². The molecular formula is C20H25NO5. The molecule has 26 heavy (non-hydrogen) atoms. The van der Waals surface area contributed by atoms with E-state index in [1.54, 1.807) is 7.11 Å². The zero-order valence-electron chi connectivity index (χ0n) is 15.1. The minimum atomic E-state index is -1.25. The van der Waals surface area contributed by atoms with Crippen molar-refractivity contribution in [2.75, 3.05) is 7.11 Å². The summed E-state index contributed by atoms with van der Waals surface area (Å²) in [5.41, 5.74) is 0.265. The highest BCUT2D eigenvalue weighted by Crippen LogP contribution is 2.43. The fraction of sp³-hybridized carbons (Fsp3) is 0.600. The Bertz CT molecular complexity index is 682. The van der Waals surface area contributed by atoms with Gasteiger partial charge in [-0.25, -0.2) is 4.79 Å². The summed E-state index contributed by atoms with van der Waals surface area (Å²) in [4.78, 5) is 10.7. The fourth-order valence-corrected chi connectivity index (χ4v) is 4.06. The van der Waals surface area contributed by atoms with Gasteiger partial charge in [0, 0.05) is 0 Å². The number of nitrogens with zero attached hydrogens (tertiary/aromatic N) is 1. The molecule has 2 aliphatic rings. The lowest BCUT2D eigenvalue weighted by Gasteiger charge is -2.35. The Morgan fingerprint density at radius 3 is 2.42 bits per heavy atom. The zero-order valence-corrected chi connectivity index (χ0v) is 15.1. The molecule has 0 saturated heterocycles. The number of ether oxygens (including phenoxy) is 3. The summed E-state index contributed by atoms with van der Waals surface area (Å²) in [6.45, 7) is 0. The van der Waals surface area contributed by atoms with Crippen molar-refractivity contribution >= 4 is 6.16 Å². The minimum Gasteiger partial charge on any atom is -0.493 e. The lowest BCUT2D eigenvalue weighted by Crippen LogP contribution is -2.34. The van der Waals surface area contributed by atoms with Gasteiger partial charge in [-0.1, -0.05) is 6.07 Å². The number of benzene rings is 1. The highest BCUT2D eigenvalue weighted by molar-refractivity contribution is 5.57. The van der Waals surface area contributed by atoms with Crippen molar-refractivity contribution in [1.29, 1.82) is 5.26 Å². The molecule has 1 aromatic rings. The Kier molecular flexibility index (Phi) is 5.55. The van der Waals surface area contributed by atoms with Gasteiger partial charge < -0.3 is 19.3 Å². The van der Waals surface area contributed by atoms with Crippen LogP contribution in [0.15, 0.2) is 18.2 Å². The fourth-order valence-electron chi connectivity index (χ4n) is 4.06. The second kappa shape index (κ2) is 7.86. The Balaban J connectivity index is 1.80. The van der Waals surface area contributed by atoms with Gasteiger partial charge in [0.1, 0.15) is 6.10 Å². The molecule has 0 heterocycles. The molecule has 2 fully saturated rings. The molecule has 0 atom stereocenters. The molecule has 0 aromatic heterocycles. The van der Waals surface area contributed by atoms with E-state index in [9.17, 15) is 10.1 Å². The van der Waals surface area contributed by atoms with Gasteiger partial charge in [0.15, 0.2) is 11.5 Å². The van der Waals surface area contributed by atoms with Gasteiger partial charge in [-0.3, -0.25) is 0 Å². The van der Waals surface area contributed by atoms with E-state index in [2.05, 4.69) is 6.07 Å². The van der Waals surface area contributed by atoms with E-state index in [0.717, 1.165) is 18.4 Å². The monoisotopic (exact) mass is 359 g/mol. The molecule has 1 aromatic carbocycles. The van der Waals surface area contributed by atoms with Gasteiger partial charge in [0.25, 0.3) is 0 Å². The number of hydrogen-bond acceptors (Lipinski definition) is 5. The largest absolute Gasteiger partial charge is 0.506 e. The summed E-state index contributed by atoms with van der Waals surface area (Å²) in [6, 6.07) is 8.17. The summed E-state index contributed by atoms with van der Waals surface area (Å²) < 4.78 is 16.5. The van der Waals surface area contributed by atoms with Crippen molar-refractivity contribution in [2.45, 2.75) is 69.0 Å². The van der Waals surface area contributed by atoms with E-state index in [0.29, 0.717) is 37.2 Å². The van der Waals surface area contributed by atoms with Gasteiger partial charge in [0.2, 0.25) is 0 Å². The normalized spacial score (nSPS) is 26.1. The Labute approximate surface area is 153 Å². The summed E-state index contributed by atoms with van der Waals surface area (Å²) >= 11 is 0. The lowest BCUT2D eigenvalue weighted by atomic mass is 9.69. The maximum atomic E-state index is 10.7. The molecule has 140 valence electrons. The Morgan fingerprint density at radius 2 is 1.85 bits per heavy atom. The molecule has 0 aliphatic heterocycles. The molecule has 2 saturated carbocycles. The molecule has 2 aliphatic carbocycles. The van der Waals surface area contributed by atoms with Crippen LogP contribution in [0, 0.1) is 11.3 Å². The van der Waals surface area contributed by atoms with Crippen LogP contribution in [0.2, 0.25) is 0 Å². The molecule has 0 spiro atoms. The molecular weight excluding hydrogens is 334 g/mol. The van der Waals surface area contributed by atoms with Crippen LogP contribution in [0.25, 0.3) is 0 Å². The molecule has 6 nitrogen and oxygen atoms in total. The van der Waals surface area contributed by atoms with Gasteiger partial charge >= 0.3 is 6.16 Å². The number of methoxy groups -OCH3 is 1. The molecule has 0 amide bonds. The van der Waals surface area contributed by atoms with E-state index in [1.807, 2.05) is 18.2 Å². The van der Waals surface area contributed by atoms with E-state index in [-0.39, 0.29) is 12.2 Å². The first-order valence-corrected chi connectivity index (χ1v) is 9.22. The predicted octanol–water partition coefficient (Wildman–Crippen LogP) is 4.42. The zero-order chi connectivity index (χ0) is 18.6. The van der Waals surface area contributed by atoms with Crippen molar-refractivity contribution in [1.82, 2.24) is 0 Å². The van der Waals surface area contributed by atoms with Crippen LogP contribution in [0.5, 0.6) is 11.5 Å². The maximum Gasteiger partial charge on any atom is 0.506 e. The third kappa shape index (κ3) is 3.87. The first-order valence-electron chi connectivity index (χ1n) is 9.22. The van der Waals surface area contributed by atoms with Gasteiger partial charge in [-0.15, -0.1) is 0 Å². The van der Waals surface area contributed by atoms with Crippen molar-refractivity contribution in [2.24, 2.45) is 0 Å². The van der Waals surface area contributed by atoms with E-state index in [1.165, 1.54) is 12.8 Å². The van der Waals surface area contributed by atoms with Crippen LogP contribution in [-0.4, -0.2) is 30.6 Å². The number of nitriles is 1. The second-order valence-electron chi connectivity index (χ2n) is 7.17. The average molecular weight is 359 g/mol. The summed E-state index contributed by atoms with van der Waals surface area (Å²) in [5.74, 6) is 1.37. The Hall–Kier alpha value is -2.42. The second-order valence-corrected chi connectivity index (χ2v) is 7.17. The quantitative estimate of drug-likeness (QED) is 0.783. The third-order valence-corrected chi connectivity index (χ3v) is 5.58. The minimum absolute atomic E-state index is 0.205. The first-order chi connectivity index (χ1) is 12.6. The van der Waals surface area contributed by atoms with Crippen LogP contribution in [0.3, 0.4) is 0 Å². The molecule has 1 N–H and O–H groups in total. The molecule has 0 unspecified atom stereocenters. The van der Waals surface area contributed by atoms with E-state index in [4.69, 9.17) is 19.3 Å². The van der Waals surface area contributed by atoms with Crippen LogP contribution in [0.1, 0.15) is 56.9 Å². The predicted molar refractivity (Wildman–Crippen MR) is 94.5 cm³/mol. The van der Waals surface area contributed by atoms with Gasteiger partial charge in [-0.2, -0.15) is 5.26 Å². The molecule has 6 heteroatoms. The summed E-state index contributed by atoms with van der Waals surface area (Å²) in [7, 11) is 1.62. The Morgan fingerprint density at radius 1 is 1.15 bits per heavy atom. The van der Waals surface area contributed by atoms with Crippen LogP contribution < -0.4 is 9.47 Å². The maximum absolute atomic E-state index is 10.7. The number of hydrogen-bond donors (Lipinski definition) is 1. The smallest absolute Gasteiger partial charge is 0.493 e. The van der Waals surface area contributed by atoms with Crippen molar-refractivity contribution in [3.05, 3.63) is 23.8 Å². The lowest BCUT2D eigenvalue weighted by molar-refractivity contribution is 0.0286. The average Bonchev–Trinajstić information content (AvgIpc) is 3.15. The van der Waals surface area contributed by atoms with Crippen molar-refractivity contribution in [3.8, 4) is 17.6 Å². The number of carbonyl (C=O) groups is 1.